The number of methoxy groups -OCH3 is 2. The van der Waals surface area contributed by atoms with Gasteiger partial charge in [0.05, 0.1) is 19.9 Å². The van der Waals surface area contributed by atoms with Gasteiger partial charge in [-0.25, -0.2) is 0 Å². The van der Waals surface area contributed by atoms with Crippen LogP contribution in [-0.4, -0.2) is 68.9 Å². The number of hydrogen-bond acceptors (Lipinski definition) is 6. The van der Waals surface area contributed by atoms with Gasteiger partial charge in [0.15, 0.2) is 5.75 Å². The van der Waals surface area contributed by atoms with E-state index >= 15 is 0 Å². The molecular formula is C22H30N4O4. The number of benzene rings is 1. The van der Waals surface area contributed by atoms with Crippen molar-refractivity contribution in [1.82, 2.24) is 14.8 Å². The average molecular weight is 415 g/mol. The highest BCUT2D eigenvalue weighted by atomic mass is 16.5. The number of ether oxygens (including phenoxy) is 2. The van der Waals surface area contributed by atoms with Gasteiger partial charge in [0, 0.05) is 63.8 Å². The number of pyridine rings is 1. The Labute approximate surface area is 177 Å². The molecule has 1 N–H and O–H groups in total. The van der Waals surface area contributed by atoms with Crippen molar-refractivity contribution in [1.29, 1.82) is 0 Å². The van der Waals surface area contributed by atoms with Gasteiger partial charge in [-0.15, -0.1) is 0 Å². The molecule has 1 fully saturated rings. The third-order valence-corrected chi connectivity index (χ3v) is 5.22. The molecule has 0 spiro atoms. The van der Waals surface area contributed by atoms with E-state index in [1.165, 1.54) is 12.8 Å². The molecule has 8 heteroatoms. The lowest BCUT2D eigenvalue weighted by molar-refractivity contribution is -0.121. The zero-order valence-electron chi connectivity index (χ0n) is 17.7. The number of piperazine rings is 1. The first-order valence-corrected chi connectivity index (χ1v) is 10.2. The number of anilines is 1. The summed E-state index contributed by atoms with van der Waals surface area (Å²) in [5.41, 5.74) is 1.86. The third-order valence-electron chi connectivity index (χ3n) is 5.22. The van der Waals surface area contributed by atoms with Crippen LogP contribution >= 0.6 is 0 Å². The van der Waals surface area contributed by atoms with Gasteiger partial charge in [0.25, 0.3) is 0 Å². The van der Waals surface area contributed by atoms with Crippen LogP contribution in [0.15, 0.2) is 47.4 Å². The fourth-order valence-electron chi connectivity index (χ4n) is 3.57. The monoisotopic (exact) mass is 414 g/mol. The number of nitrogens with one attached hydrogen (secondary N) is 1. The molecule has 30 heavy (non-hydrogen) atoms. The van der Waals surface area contributed by atoms with Crippen LogP contribution in [0.25, 0.3) is 0 Å². The third kappa shape index (κ3) is 5.84. The highest BCUT2D eigenvalue weighted by molar-refractivity contribution is 5.75. The molecule has 3 rings (SSSR count). The molecule has 1 aromatic heterocycles. The van der Waals surface area contributed by atoms with Gasteiger partial charge < -0.3 is 24.3 Å². The van der Waals surface area contributed by atoms with Crippen molar-refractivity contribution in [2.75, 3.05) is 58.5 Å². The maximum absolute atomic E-state index is 12.3. The highest BCUT2D eigenvalue weighted by Crippen LogP contribution is 2.17. The molecule has 1 aromatic carbocycles. The van der Waals surface area contributed by atoms with E-state index in [4.69, 9.17) is 9.47 Å². The lowest BCUT2D eigenvalue weighted by Gasteiger charge is -2.36. The second-order valence-electron chi connectivity index (χ2n) is 7.27. The Bertz CT molecular complexity index is 876. The summed E-state index contributed by atoms with van der Waals surface area (Å²) in [6.07, 6.45) is 1.62. The predicted molar refractivity (Wildman–Crippen MR) is 116 cm³/mol. The van der Waals surface area contributed by atoms with Crippen molar-refractivity contribution in [3.63, 3.8) is 0 Å². The van der Waals surface area contributed by atoms with Crippen LogP contribution in [0.1, 0.15) is 5.69 Å². The lowest BCUT2D eigenvalue weighted by Crippen LogP contribution is -2.46. The molecule has 0 radical (unpaired) electrons. The predicted octanol–water partition coefficient (Wildman–Crippen LogP) is 0.942. The van der Waals surface area contributed by atoms with Crippen molar-refractivity contribution in [2.45, 2.75) is 13.1 Å². The standard InChI is InChI=1S/C22H30N4O4/c1-29-13-8-23-22(28)17-26-16-21(30-2)20(27)14-19(26)15-24-9-11-25(12-10-24)18-6-4-3-5-7-18/h3-7,14,16H,8-13,15,17H2,1-2H3,(H,23,28). The van der Waals surface area contributed by atoms with Crippen molar-refractivity contribution in [3.8, 4) is 5.75 Å². The van der Waals surface area contributed by atoms with E-state index in [1.807, 2.05) is 6.07 Å². The van der Waals surface area contributed by atoms with Crippen molar-refractivity contribution in [3.05, 3.63) is 58.5 Å². The molecule has 1 aliphatic rings. The number of aromatic nitrogens is 1. The Kier molecular flexibility index (Phi) is 7.87. The summed E-state index contributed by atoms with van der Waals surface area (Å²) in [6, 6.07) is 11.9. The van der Waals surface area contributed by atoms with Gasteiger partial charge in [0.1, 0.15) is 6.54 Å². The molecule has 8 nitrogen and oxygen atoms in total. The van der Waals surface area contributed by atoms with Crippen LogP contribution < -0.4 is 20.4 Å². The minimum Gasteiger partial charge on any atom is -0.491 e. The van der Waals surface area contributed by atoms with Gasteiger partial charge in [0.2, 0.25) is 11.3 Å². The second-order valence-corrected chi connectivity index (χ2v) is 7.27. The maximum atomic E-state index is 12.3. The van der Waals surface area contributed by atoms with Gasteiger partial charge in [-0.2, -0.15) is 0 Å². The maximum Gasteiger partial charge on any atom is 0.240 e. The SMILES string of the molecule is COCCNC(=O)Cn1cc(OC)c(=O)cc1CN1CCN(c2ccccc2)CC1. The highest BCUT2D eigenvalue weighted by Gasteiger charge is 2.19. The van der Waals surface area contributed by atoms with Crippen molar-refractivity contribution in [2.24, 2.45) is 0 Å². The molecule has 2 aromatic rings. The first-order chi connectivity index (χ1) is 14.6. The molecule has 1 amide bonds. The molecule has 0 saturated carbocycles. The minimum atomic E-state index is -0.175. The molecule has 1 saturated heterocycles. The van der Waals surface area contributed by atoms with Crippen LogP contribution in [0.4, 0.5) is 5.69 Å². The largest absolute Gasteiger partial charge is 0.491 e. The number of amides is 1. The summed E-state index contributed by atoms with van der Waals surface area (Å²) >= 11 is 0. The van der Waals surface area contributed by atoms with Crippen LogP contribution in [0.2, 0.25) is 0 Å². The van der Waals surface area contributed by atoms with Gasteiger partial charge >= 0.3 is 0 Å². The molecule has 162 valence electrons. The quantitative estimate of drug-likeness (QED) is 0.616. The number of para-hydroxylation sites is 1. The van der Waals surface area contributed by atoms with Gasteiger partial charge in [-0.1, -0.05) is 18.2 Å². The molecule has 0 aliphatic carbocycles. The number of carbonyl (C=O) groups excluding carboxylic acids is 1. The number of rotatable bonds is 9. The van der Waals surface area contributed by atoms with Gasteiger partial charge in [-0.3, -0.25) is 14.5 Å². The fraction of sp³-hybridized carbons (Fsp3) is 0.455. The zero-order chi connectivity index (χ0) is 21.3. The Balaban J connectivity index is 1.66. The summed E-state index contributed by atoms with van der Waals surface area (Å²) in [5.74, 6) is 0.102. The van der Waals surface area contributed by atoms with E-state index in [9.17, 15) is 9.59 Å². The average Bonchev–Trinajstić information content (AvgIpc) is 2.77. The van der Waals surface area contributed by atoms with Crippen LogP contribution in [0, 0.1) is 0 Å². The molecule has 0 unspecified atom stereocenters. The van der Waals surface area contributed by atoms with Gasteiger partial charge in [-0.05, 0) is 12.1 Å². The van der Waals surface area contributed by atoms with E-state index < -0.39 is 0 Å². The minimum absolute atomic E-state index is 0.125. The molecule has 1 aliphatic heterocycles. The van der Waals surface area contributed by atoms with E-state index in [0.29, 0.717) is 19.7 Å². The number of carbonyl (C=O) groups is 1. The van der Waals surface area contributed by atoms with Crippen molar-refractivity contribution >= 4 is 11.6 Å². The fourth-order valence-corrected chi connectivity index (χ4v) is 3.57. The second kappa shape index (κ2) is 10.8. The van der Waals surface area contributed by atoms with E-state index in [2.05, 4.69) is 39.4 Å². The molecule has 0 bridgehead atoms. The first-order valence-electron chi connectivity index (χ1n) is 10.2. The molecule has 2 heterocycles. The first kappa shape index (κ1) is 21.9. The lowest BCUT2D eigenvalue weighted by atomic mass is 10.2. The summed E-state index contributed by atoms with van der Waals surface area (Å²) < 4.78 is 11.9. The zero-order valence-corrected chi connectivity index (χ0v) is 17.7. The van der Waals surface area contributed by atoms with Crippen molar-refractivity contribution < 1.29 is 14.3 Å². The normalized spacial score (nSPS) is 14.5. The van der Waals surface area contributed by atoms with E-state index in [0.717, 1.165) is 31.9 Å². The van der Waals surface area contributed by atoms with Crippen LogP contribution in [0.3, 0.4) is 0 Å². The Morgan fingerprint density at radius 3 is 2.50 bits per heavy atom. The smallest absolute Gasteiger partial charge is 0.240 e. The summed E-state index contributed by atoms with van der Waals surface area (Å²) in [7, 11) is 3.05. The van der Waals surface area contributed by atoms with Crippen LogP contribution in [0.5, 0.6) is 5.75 Å². The molecular weight excluding hydrogens is 384 g/mol. The van der Waals surface area contributed by atoms with Crippen LogP contribution in [-0.2, 0) is 22.6 Å². The topological polar surface area (TPSA) is 76.0 Å². The number of hydrogen-bond donors (Lipinski definition) is 1. The Morgan fingerprint density at radius 2 is 1.83 bits per heavy atom. The summed E-state index contributed by atoms with van der Waals surface area (Å²) in [6.45, 7) is 5.24. The van der Waals surface area contributed by atoms with E-state index in [-0.39, 0.29) is 23.6 Å². The molecule has 0 atom stereocenters. The summed E-state index contributed by atoms with van der Waals surface area (Å²) in [5, 5.41) is 2.81. The number of nitrogens with zero attached hydrogens (tertiary/aromatic N) is 3. The van der Waals surface area contributed by atoms with E-state index in [1.54, 1.807) is 23.9 Å². The Hall–Kier alpha value is -2.84. The summed E-state index contributed by atoms with van der Waals surface area (Å²) in [4.78, 5) is 29.3. The Morgan fingerprint density at radius 1 is 1.10 bits per heavy atom.